The summed E-state index contributed by atoms with van der Waals surface area (Å²) in [6, 6.07) is 4.55. The van der Waals surface area contributed by atoms with Crippen molar-refractivity contribution in [2.45, 2.75) is 19.1 Å². The number of hydrogen-bond acceptors (Lipinski definition) is 6. The smallest absolute Gasteiger partial charge is 0.341 e. The summed E-state index contributed by atoms with van der Waals surface area (Å²) in [5.41, 5.74) is 10.6. The molecule has 2 heterocycles. The Morgan fingerprint density at radius 2 is 1.90 bits per heavy atom. The van der Waals surface area contributed by atoms with E-state index in [4.69, 9.17) is 11.5 Å². The van der Waals surface area contributed by atoms with Crippen LogP contribution in [-0.4, -0.2) is 39.9 Å². The van der Waals surface area contributed by atoms with Crippen LogP contribution >= 0.6 is 0 Å². The number of aliphatic hydroxyl groups is 1. The number of nitrogen functional groups attached to an aromatic ring is 1. The Labute approximate surface area is 174 Å². The molecule has 4 rings (SSSR count). The molecule has 0 unspecified atom stereocenters. The number of carboxylic acids is 1. The summed E-state index contributed by atoms with van der Waals surface area (Å²) < 4.78 is 30.2. The van der Waals surface area contributed by atoms with E-state index in [1.165, 1.54) is 16.7 Å². The molecule has 1 saturated heterocycles. The van der Waals surface area contributed by atoms with E-state index in [2.05, 4.69) is 0 Å². The summed E-state index contributed by atoms with van der Waals surface area (Å²) in [6.45, 7) is 0.370. The Bertz CT molecular complexity index is 1270. The Balaban J connectivity index is 2.08. The zero-order chi connectivity index (χ0) is 22.4. The van der Waals surface area contributed by atoms with Crippen LogP contribution < -0.4 is 21.8 Å². The fourth-order valence-electron chi connectivity index (χ4n) is 3.90. The van der Waals surface area contributed by atoms with Gasteiger partial charge >= 0.3 is 5.97 Å². The van der Waals surface area contributed by atoms with Gasteiger partial charge in [0.15, 0.2) is 0 Å². The highest BCUT2D eigenvalue weighted by molar-refractivity contribution is 5.94. The maximum absolute atomic E-state index is 14.9. The van der Waals surface area contributed by atoms with Crippen molar-refractivity contribution in [2.75, 3.05) is 23.7 Å². The largest absolute Gasteiger partial charge is 0.477 e. The molecular weight excluding hydrogens is 410 g/mol. The number of aromatic nitrogens is 1. The Morgan fingerprint density at radius 3 is 2.52 bits per heavy atom. The van der Waals surface area contributed by atoms with Gasteiger partial charge in [0.25, 0.3) is 0 Å². The van der Waals surface area contributed by atoms with Crippen LogP contribution in [0.15, 0.2) is 35.3 Å². The number of rotatable bonds is 4. The number of hydrogen-bond donors (Lipinski definition) is 4. The second-order valence-corrected chi connectivity index (χ2v) is 7.52. The molecule has 1 atom stereocenters. The zero-order valence-electron chi connectivity index (χ0n) is 16.3. The van der Waals surface area contributed by atoms with E-state index in [-0.39, 0.29) is 39.6 Å². The Morgan fingerprint density at radius 1 is 1.16 bits per heavy atom. The van der Waals surface area contributed by atoms with Crippen LogP contribution in [0.25, 0.3) is 16.6 Å². The lowest BCUT2D eigenvalue weighted by atomic mass is 10.1. The number of nitrogens with zero attached hydrogens (tertiary/aromatic N) is 2. The third kappa shape index (κ3) is 3.49. The average Bonchev–Trinajstić information content (AvgIpc) is 3.16. The molecule has 1 aliphatic rings. The molecule has 1 aromatic heterocycles. The number of benzene rings is 2. The van der Waals surface area contributed by atoms with E-state index in [1.807, 2.05) is 0 Å². The number of halogens is 2. The number of aliphatic hydroxyl groups excluding tert-OH is 1. The van der Waals surface area contributed by atoms with Crippen LogP contribution in [-0.2, 0) is 6.61 Å². The Hall–Kier alpha value is -3.50. The van der Waals surface area contributed by atoms with Gasteiger partial charge in [-0.3, -0.25) is 4.79 Å². The molecule has 0 amide bonds. The van der Waals surface area contributed by atoms with Gasteiger partial charge in [-0.05, 0) is 30.7 Å². The average molecular weight is 430 g/mol. The molecule has 0 radical (unpaired) electrons. The van der Waals surface area contributed by atoms with Crippen LogP contribution in [0.1, 0.15) is 22.3 Å². The van der Waals surface area contributed by atoms with Gasteiger partial charge in [-0.25, -0.2) is 13.6 Å². The van der Waals surface area contributed by atoms with E-state index < -0.39 is 35.2 Å². The van der Waals surface area contributed by atoms with Gasteiger partial charge in [0.1, 0.15) is 17.2 Å². The maximum Gasteiger partial charge on any atom is 0.341 e. The second-order valence-electron chi connectivity index (χ2n) is 7.52. The highest BCUT2D eigenvalue weighted by Crippen LogP contribution is 2.31. The van der Waals surface area contributed by atoms with E-state index in [9.17, 15) is 28.6 Å². The lowest BCUT2D eigenvalue weighted by Gasteiger charge is -2.22. The van der Waals surface area contributed by atoms with Crippen molar-refractivity contribution in [1.82, 2.24) is 4.57 Å². The summed E-state index contributed by atoms with van der Waals surface area (Å²) in [4.78, 5) is 26.1. The summed E-state index contributed by atoms with van der Waals surface area (Å²) in [6.07, 6.45) is 1.74. The van der Waals surface area contributed by atoms with Crippen LogP contribution in [0.2, 0.25) is 0 Å². The molecule has 3 aromatic rings. The third-order valence-electron chi connectivity index (χ3n) is 5.50. The Kier molecular flexibility index (Phi) is 5.11. The maximum atomic E-state index is 14.9. The number of pyridine rings is 1. The van der Waals surface area contributed by atoms with Crippen molar-refractivity contribution >= 4 is 28.2 Å². The molecule has 162 valence electrons. The van der Waals surface area contributed by atoms with Gasteiger partial charge in [-0.2, -0.15) is 0 Å². The van der Waals surface area contributed by atoms with Crippen molar-refractivity contribution in [3.63, 3.8) is 0 Å². The molecule has 10 heteroatoms. The van der Waals surface area contributed by atoms with Gasteiger partial charge in [0, 0.05) is 36.3 Å². The SMILES string of the molecule is Nc1cc(-n2cc(C(=O)O)c(=O)c3cc(F)c(N4CC[C@H](N)C4)cc32)c(CO)cc1F. The van der Waals surface area contributed by atoms with Gasteiger partial charge in [-0.1, -0.05) is 0 Å². The fourth-order valence-corrected chi connectivity index (χ4v) is 3.90. The van der Waals surface area contributed by atoms with Crippen molar-refractivity contribution in [1.29, 1.82) is 0 Å². The normalized spacial score (nSPS) is 16.3. The first-order valence-electron chi connectivity index (χ1n) is 9.53. The molecule has 6 N–H and O–H groups in total. The van der Waals surface area contributed by atoms with E-state index in [0.717, 1.165) is 18.3 Å². The molecular formula is C21H20F2N4O4. The first kappa shape index (κ1) is 20.8. The van der Waals surface area contributed by atoms with E-state index in [0.29, 0.717) is 19.5 Å². The minimum absolute atomic E-state index is 0.113. The van der Waals surface area contributed by atoms with Crippen molar-refractivity contribution in [3.8, 4) is 5.69 Å². The van der Waals surface area contributed by atoms with Crippen LogP contribution in [0.3, 0.4) is 0 Å². The molecule has 1 aliphatic heterocycles. The lowest BCUT2D eigenvalue weighted by molar-refractivity contribution is 0.0695. The minimum Gasteiger partial charge on any atom is -0.477 e. The topological polar surface area (TPSA) is 135 Å². The van der Waals surface area contributed by atoms with Crippen molar-refractivity contribution in [3.05, 3.63) is 63.4 Å². The van der Waals surface area contributed by atoms with Crippen molar-refractivity contribution < 1.29 is 23.8 Å². The molecule has 0 aliphatic carbocycles. The highest BCUT2D eigenvalue weighted by atomic mass is 19.1. The fraction of sp³-hybridized carbons (Fsp3) is 0.238. The van der Waals surface area contributed by atoms with Crippen LogP contribution in [0.5, 0.6) is 0 Å². The molecule has 0 spiro atoms. The molecule has 31 heavy (non-hydrogen) atoms. The number of aromatic carboxylic acids is 1. The standard InChI is InChI=1S/C21H20F2N4O4/c22-14-3-10(9-28)17(5-16(14)25)27-8-13(21(30)31)20(29)12-4-15(23)19(6-18(12)27)26-2-1-11(24)7-26/h3-6,8,11,28H,1-2,7,9,24-25H2,(H,30,31)/t11-/m0/s1. The van der Waals surface area contributed by atoms with Gasteiger partial charge < -0.3 is 31.1 Å². The van der Waals surface area contributed by atoms with Crippen molar-refractivity contribution in [2.24, 2.45) is 5.73 Å². The first-order valence-corrected chi connectivity index (χ1v) is 9.53. The lowest BCUT2D eigenvalue weighted by Crippen LogP contribution is -2.27. The van der Waals surface area contributed by atoms with Gasteiger partial charge in [0.2, 0.25) is 5.43 Å². The predicted molar refractivity (Wildman–Crippen MR) is 112 cm³/mol. The summed E-state index contributed by atoms with van der Waals surface area (Å²) in [5.74, 6) is -2.94. The van der Waals surface area contributed by atoms with E-state index in [1.54, 1.807) is 4.90 Å². The summed E-state index contributed by atoms with van der Waals surface area (Å²) in [7, 11) is 0. The molecule has 8 nitrogen and oxygen atoms in total. The number of carboxylic acid groups (broad SMARTS) is 1. The molecule has 0 saturated carbocycles. The predicted octanol–water partition coefficient (Wildman–Crippen LogP) is 1.58. The van der Waals surface area contributed by atoms with E-state index >= 15 is 0 Å². The summed E-state index contributed by atoms with van der Waals surface area (Å²) >= 11 is 0. The van der Waals surface area contributed by atoms with Gasteiger partial charge in [0.05, 0.1) is 29.2 Å². The zero-order valence-corrected chi connectivity index (χ0v) is 16.3. The van der Waals surface area contributed by atoms with Crippen LogP contribution in [0, 0.1) is 11.6 Å². The number of fused-ring (bicyclic) bond motifs is 1. The molecule has 2 aromatic carbocycles. The number of anilines is 2. The third-order valence-corrected chi connectivity index (χ3v) is 5.50. The van der Waals surface area contributed by atoms with Gasteiger partial charge in [-0.15, -0.1) is 0 Å². The number of nitrogens with two attached hydrogens (primary N) is 2. The first-order chi connectivity index (χ1) is 14.7. The van der Waals surface area contributed by atoms with Crippen LogP contribution in [0.4, 0.5) is 20.2 Å². The molecule has 1 fully saturated rings. The minimum atomic E-state index is -1.50. The second kappa shape index (κ2) is 7.64. The quantitative estimate of drug-likeness (QED) is 0.462. The highest BCUT2D eigenvalue weighted by Gasteiger charge is 2.25. The molecule has 0 bridgehead atoms. The number of carbonyl (C=O) groups is 1. The summed E-state index contributed by atoms with van der Waals surface area (Å²) in [5, 5.41) is 19.0. The monoisotopic (exact) mass is 430 g/mol.